The smallest absolute Gasteiger partial charge is 0.340 e. The number of rotatable bonds is 2. The van der Waals surface area contributed by atoms with Crippen LogP contribution in [0, 0.1) is 12.7 Å². The Morgan fingerprint density at radius 3 is 2.60 bits per heavy atom. The summed E-state index contributed by atoms with van der Waals surface area (Å²) in [6.45, 7) is 5.09. The van der Waals surface area contributed by atoms with Crippen LogP contribution in [0.1, 0.15) is 29.8 Å². The van der Waals surface area contributed by atoms with Gasteiger partial charge in [0.1, 0.15) is 5.82 Å². The minimum Gasteiger partial charge on any atom is -0.459 e. The lowest BCUT2D eigenvalue weighted by Crippen LogP contribution is -2.14. The lowest BCUT2D eigenvalue weighted by atomic mass is 10.1. The molecule has 1 aromatic rings. The van der Waals surface area contributed by atoms with E-state index in [9.17, 15) is 9.18 Å². The summed E-state index contributed by atoms with van der Waals surface area (Å²) in [6, 6.07) is 2.37. The van der Waals surface area contributed by atoms with Crippen molar-refractivity contribution in [1.29, 1.82) is 0 Å². The molecule has 0 saturated carbocycles. The third-order valence-corrected chi connectivity index (χ3v) is 1.91. The highest BCUT2D eigenvalue weighted by molar-refractivity contribution is 5.95. The minimum absolute atomic E-state index is 0.0844. The van der Waals surface area contributed by atoms with Crippen molar-refractivity contribution in [2.75, 3.05) is 5.73 Å². The van der Waals surface area contributed by atoms with Crippen molar-refractivity contribution >= 4 is 11.7 Å². The molecule has 2 N–H and O–H groups in total. The van der Waals surface area contributed by atoms with Crippen molar-refractivity contribution in [2.24, 2.45) is 0 Å². The monoisotopic (exact) mass is 211 g/mol. The molecule has 0 amide bonds. The number of esters is 1. The zero-order valence-corrected chi connectivity index (χ0v) is 9.00. The lowest BCUT2D eigenvalue weighted by molar-refractivity contribution is 0.0378. The minimum atomic E-state index is -0.592. The number of anilines is 1. The van der Waals surface area contributed by atoms with E-state index in [1.165, 1.54) is 6.07 Å². The van der Waals surface area contributed by atoms with Crippen molar-refractivity contribution < 1.29 is 13.9 Å². The van der Waals surface area contributed by atoms with Gasteiger partial charge in [0.15, 0.2) is 0 Å². The SMILES string of the molecule is Cc1cc(F)cc(C(=O)OC(C)C)c1N. The van der Waals surface area contributed by atoms with E-state index >= 15 is 0 Å². The number of halogens is 1. The Kier molecular flexibility index (Phi) is 3.29. The van der Waals surface area contributed by atoms with Crippen LogP contribution in [0.4, 0.5) is 10.1 Å². The molecule has 0 spiro atoms. The number of hydrogen-bond donors (Lipinski definition) is 1. The first-order chi connectivity index (χ1) is 6.91. The fourth-order valence-electron chi connectivity index (χ4n) is 1.20. The molecule has 15 heavy (non-hydrogen) atoms. The van der Waals surface area contributed by atoms with Crippen LogP contribution < -0.4 is 5.73 Å². The average molecular weight is 211 g/mol. The number of ether oxygens (including phenoxy) is 1. The summed E-state index contributed by atoms with van der Waals surface area (Å²) >= 11 is 0. The number of aryl methyl sites for hydroxylation is 1. The molecule has 0 aliphatic heterocycles. The van der Waals surface area contributed by atoms with Crippen molar-refractivity contribution in [3.8, 4) is 0 Å². The van der Waals surface area contributed by atoms with Crippen LogP contribution in [-0.4, -0.2) is 12.1 Å². The van der Waals surface area contributed by atoms with Crippen LogP contribution in [0.15, 0.2) is 12.1 Å². The molecule has 0 atom stereocenters. The van der Waals surface area contributed by atoms with Crippen molar-refractivity contribution in [3.63, 3.8) is 0 Å². The topological polar surface area (TPSA) is 52.3 Å². The molecular weight excluding hydrogens is 197 g/mol. The highest BCUT2D eigenvalue weighted by Gasteiger charge is 2.15. The molecule has 0 radical (unpaired) electrons. The van der Waals surface area contributed by atoms with Gasteiger partial charge in [-0.25, -0.2) is 9.18 Å². The number of hydrogen-bond acceptors (Lipinski definition) is 3. The second kappa shape index (κ2) is 4.29. The van der Waals surface area contributed by atoms with E-state index < -0.39 is 11.8 Å². The first-order valence-electron chi connectivity index (χ1n) is 4.68. The first-order valence-corrected chi connectivity index (χ1v) is 4.68. The van der Waals surface area contributed by atoms with E-state index in [-0.39, 0.29) is 17.4 Å². The second-order valence-corrected chi connectivity index (χ2v) is 3.64. The summed E-state index contributed by atoms with van der Waals surface area (Å²) < 4.78 is 18.0. The molecule has 0 aliphatic rings. The Bertz CT molecular complexity index is 388. The maximum Gasteiger partial charge on any atom is 0.340 e. The second-order valence-electron chi connectivity index (χ2n) is 3.64. The number of nitrogen functional groups attached to an aromatic ring is 1. The molecule has 1 rings (SSSR count). The summed E-state index contributed by atoms with van der Waals surface area (Å²) in [5, 5.41) is 0. The lowest BCUT2D eigenvalue weighted by Gasteiger charge is -2.11. The molecule has 0 aliphatic carbocycles. The third kappa shape index (κ3) is 2.68. The number of carbonyl (C=O) groups excluding carboxylic acids is 1. The zero-order valence-electron chi connectivity index (χ0n) is 9.00. The van der Waals surface area contributed by atoms with Gasteiger partial charge in [-0.3, -0.25) is 0 Å². The third-order valence-electron chi connectivity index (χ3n) is 1.91. The molecule has 0 fully saturated rings. The maximum atomic E-state index is 13.0. The molecule has 0 unspecified atom stereocenters. The fourth-order valence-corrected chi connectivity index (χ4v) is 1.20. The van der Waals surface area contributed by atoms with Crippen molar-refractivity contribution in [1.82, 2.24) is 0 Å². The van der Waals surface area contributed by atoms with Gasteiger partial charge in [-0.2, -0.15) is 0 Å². The largest absolute Gasteiger partial charge is 0.459 e. The predicted molar refractivity (Wildman–Crippen MR) is 56.1 cm³/mol. The van der Waals surface area contributed by atoms with E-state index in [0.29, 0.717) is 5.56 Å². The summed E-state index contributed by atoms with van der Waals surface area (Å²) in [4.78, 5) is 11.5. The van der Waals surface area contributed by atoms with Crippen LogP contribution >= 0.6 is 0 Å². The Labute approximate surface area is 88.0 Å². The number of nitrogens with two attached hydrogens (primary N) is 1. The zero-order chi connectivity index (χ0) is 11.6. The molecule has 82 valence electrons. The summed E-state index contributed by atoms with van der Waals surface area (Å²) in [5.74, 6) is -1.08. The van der Waals surface area contributed by atoms with Gasteiger partial charge in [0.05, 0.1) is 11.7 Å². The van der Waals surface area contributed by atoms with Gasteiger partial charge in [0, 0.05) is 5.69 Å². The highest BCUT2D eigenvalue weighted by atomic mass is 19.1. The predicted octanol–water partition coefficient (Wildman–Crippen LogP) is 2.28. The molecule has 0 heterocycles. The Morgan fingerprint density at radius 1 is 1.47 bits per heavy atom. The van der Waals surface area contributed by atoms with Gasteiger partial charge in [-0.15, -0.1) is 0 Å². The van der Waals surface area contributed by atoms with Crippen LogP contribution in [0.3, 0.4) is 0 Å². The van der Waals surface area contributed by atoms with Gasteiger partial charge in [0.2, 0.25) is 0 Å². The molecule has 4 heteroatoms. The van der Waals surface area contributed by atoms with Crippen LogP contribution in [0.25, 0.3) is 0 Å². The van der Waals surface area contributed by atoms with E-state index in [1.54, 1.807) is 20.8 Å². The maximum absolute atomic E-state index is 13.0. The van der Waals surface area contributed by atoms with Crippen molar-refractivity contribution in [3.05, 3.63) is 29.1 Å². The van der Waals surface area contributed by atoms with Crippen molar-refractivity contribution in [2.45, 2.75) is 26.9 Å². The summed E-state index contributed by atoms with van der Waals surface area (Å²) in [7, 11) is 0. The van der Waals surface area contributed by atoms with Gasteiger partial charge in [-0.05, 0) is 38.5 Å². The highest BCUT2D eigenvalue weighted by Crippen LogP contribution is 2.20. The van der Waals surface area contributed by atoms with E-state index in [1.807, 2.05) is 0 Å². The average Bonchev–Trinajstić information content (AvgIpc) is 2.09. The molecule has 1 aromatic carbocycles. The van der Waals surface area contributed by atoms with E-state index in [0.717, 1.165) is 6.07 Å². The van der Waals surface area contributed by atoms with Gasteiger partial charge < -0.3 is 10.5 Å². The van der Waals surface area contributed by atoms with Crippen LogP contribution in [0.5, 0.6) is 0 Å². The van der Waals surface area contributed by atoms with Gasteiger partial charge in [0.25, 0.3) is 0 Å². The number of carbonyl (C=O) groups is 1. The van der Waals surface area contributed by atoms with Gasteiger partial charge >= 0.3 is 5.97 Å². The van der Waals surface area contributed by atoms with Gasteiger partial charge in [-0.1, -0.05) is 0 Å². The van der Waals surface area contributed by atoms with E-state index in [4.69, 9.17) is 10.5 Å². The molecule has 0 bridgehead atoms. The molecular formula is C11H14FNO2. The molecule has 0 aromatic heterocycles. The van der Waals surface area contributed by atoms with Crippen LogP contribution in [0.2, 0.25) is 0 Å². The van der Waals surface area contributed by atoms with Crippen LogP contribution in [-0.2, 0) is 4.74 Å². The summed E-state index contributed by atoms with van der Waals surface area (Å²) in [5.41, 5.74) is 6.54. The molecule has 3 nitrogen and oxygen atoms in total. The Hall–Kier alpha value is -1.58. The summed E-state index contributed by atoms with van der Waals surface area (Å²) in [6.07, 6.45) is -0.250. The normalized spacial score (nSPS) is 10.5. The number of benzene rings is 1. The quantitative estimate of drug-likeness (QED) is 0.603. The Balaban J connectivity index is 3.08. The Morgan fingerprint density at radius 2 is 2.07 bits per heavy atom. The molecule has 0 saturated heterocycles. The first kappa shape index (κ1) is 11.5. The van der Waals surface area contributed by atoms with E-state index in [2.05, 4.69) is 0 Å². The fraction of sp³-hybridized carbons (Fsp3) is 0.364. The standard InChI is InChI=1S/C11H14FNO2/c1-6(2)15-11(14)9-5-8(12)4-7(3)10(9)13/h4-6H,13H2,1-3H3.